The molecule has 1 saturated heterocycles. The second-order valence-corrected chi connectivity index (χ2v) is 6.30. The highest BCUT2D eigenvalue weighted by atomic mass is 127. The molecule has 1 fully saturated rings. The number of hydrogen-bond acceptors (Lipinski definition) is 4. The van der Waals surface area contributed by atoms with E-state index in [1.165, 1.54) is 0 Å². The van der Waals surface area contributed by atoms with Crippen LogP contribution >= 0.6 is 22.6 Å². The average molecular weight is 413 g/mol. The molecule has 1 heterocycles. The predicted octanol–water partition coefficient (Wildman–Crippen LogP) is 1.98. The maximum Gasteiger partial charge on any atom is 0.255 e. The van der Waals surface area contributed by atoms with Crippen molar-refractivity contribution in [1.29, 1.82) is 5.26 Å². The van der Waals surface area contributed by atoms with E-state index < -0.39 is 0 Å². The molecular weight excluding hydrogens is 393 g/mol. The monoisotopic (exact) mass is 413 g/mol. The number of nitriles is 1. The van der Waals surface area contributed by atoms with Gasteiger partial charge in [-0.05, 0) is 34.7 Å². The van der Waals surface area contributed by atoms with Crippen molar-refractivity contribution in [3.8, 4) is 6.07 Å². The zero-order valence-corrected chi connectivity index (χ0v) is 14.7. The first-order valence-corrected chi connectivity index (χ1v) is 8.51. The normalized spacial score (nSPS) is 15.3. The number of halogens is 1. The molecule has 1 aliphatic rings. The van der Waals surface area contributed by atoms with Gasteiger partial charge in [-0.15, -0.1) is 0 Å². The van der Waals surface area contributed by atoms with Crippen LogP contribution in [0.15, 0.2) is 24.3 Å². The maximum atomic E-state index is 12.7. The van der Waals surface area contributed by atoms with E-state index in [0.717, 1.165) is 36.4 Å². The summed E-state index contributed by atoms with van der Waals surface area (Å²) in [5, 5.41) is 8.82. The van der Waals surface area contributed by atoms with Gasteiger partial charge in [0, 0.05) is 36.3 Å². The fourth-order valence-corrected chi connectivity index (χ4v) is 3.01. The second-order valence-electron chi connectivity index (χ2n) is 5.13. The maximum absolute atomic E-state index is 12.7. The summed E-state index contributed by atoms with van der Waals surface area (Å²) in [5.74, 6) is 0.00788. The zero-order chi connectivity index (χ0) is 15.8. The molecule has 0 spiro atoms. The molecule has 118 valence electrons. The van der Waals surface area contributed by atoms with Crippen molar-refractivity contribution in [2.24, 2.45) is 0 Å². The van der Waals surface area contributed by atoms with Crippen LogP contribution in [0.2, 0.25) is 0 Å². The Morgan fingerprint density at radius 1 is 1.32 bits per heavy atom. The van der Waals surface area contributed by atoms with Crippen LogP contribution in [0.25, 0.3) is 0 Å². The van der Waals surface area contributed by atoms with Crippen molar-refractivity contribution < 1.29 is 9.53 Å². The van der Waals surface area contributed by atoms with Crippen LogP contribution in [-0.4, -0.2) is 61.6 Å². The molecule has 0 aromatic heterocycles. The van der Waals surface area contributed by atoms with Gasteiger partial charge in [-0.3, -0.25) is 9.69 Å². The zero-order valence-electron chi connectivity index (χ0n) is 12.5. The van der Waals surface area contributed by atoms with E-state index in [-0.39, 0.29) is 5.91 Å². The van der Waals surface area contributed by atoms with Crippen molar-refractivity contribution in [1.82, 2.24) is 9.80 Å². The van der Waals surface area contributed by atoms with E-state index in [1.807, 2.05) is 24.3 Å². The quantitative estimate of drug-likeness (QED) is 0.670. The van der Waals surface area contributed by atoms with Gasteiger partial charge in [0.1, 0.15) is 0 Å². The van der Waals surface area contributed by atoms with Crippen molar-refractivity contribution in [2.75, 3.05) is 45.9 Å². The lowest BCUT2D eigenvalue weighted by Gasteiger charge is -2.30. The first-order valence-electron chi connectivity index (χ1n) is 7.43. The Morgan fingerprint density at radius 2 is 2.05 bits per heavy atom. The number of rotatable bonds is 6. The van der Waals surface area contributed by atoms with Crippen molar-refractivity contribution in [2.45, 2.75) is 6.42 Å². The van der Waals surface area contributed by atoms with Crippen LogP contribution in [0.3, 0.4) is 0 Å². The Hall–Kier alpha value is -1.17. The summed E-state index contributed by atoms with van der Waals surface area (Å²) in [4.78, 5) is 16.8. The van der Waals surface area contributed by atoms with Crippen molar-refractivity contribution >= 4 is 28.5 Å². The van der Waals surface area contributed by atoms with Crippen molar-refractivity contribution in [3.63, 3.8) is 0 Å². The van der Waals surface area contributed by atoms with E-state index in [9.17, 15) is 4.79 Å². The number of amides is 1. The highest BCUT2D eigenvalue weighted by molar-refractivity contribution is 14.1. The Labute approximate surface area is 145 Å². The van der Waals surface area contributed by atoms with Crippen LogP contribution in [0.1, 0.15) is 16.8 Å². The smallest absolute Gasteiger partial charge is 0.255 e. The van der Waals surface area contributed by atoms with Crippen LogP contribution in [0, 0.1) is 14.9 Å². The first-order chi connectivity index (χ1) is 10.7. The van der Waals surface area contributed by atoms with Gasteiger partial charge < -0.3 is 9.64 Å². The van der Waals surface area contributed by atoms with E-state index in [4.69, 9.17) is 10.00 Å². The Bertz CT molecular complexity index is 538. The number of nitrogens with zero attached hydrogens (tertiary/aromatic N) is 3. The van der Waals surface area contributed by atoms with E-state index in [2.05, 4.69) is 33.6 Å². The Morgan fingerprint density at radius 3 is 2.73 bits per heavy atom. The number of hydrogen-bond donors (Lipinski definition) is 0. The van der Waals surface area contributed by atoms with Gasteiger partial charge in [0.15, 0.2) is 0 Å². The molecule has 6 heteroatoms. The minimum Gasteiger partial charge on any atom is -0.379 e. The van der Waals surface area contributed by atoms with Gasteiger partial charge in [0.2, 0.25) is 0 Å². The van der Waals surface area contributed by atoms with Crippen LogP contribution < -0.4 is 0 Å². The van der Waals surface area contributed by atoms with Crippen LogP contribution in [0.4, 0.5) is 0 Å². The predicted molar refractivity (Wildman–Crippen MR) is 92.6 cm³/mol. The molecule has 1 aromatic carbocycles. The van der Waals surface area contributed by atoms with Crippen LogP contribution in [0.5, 0.6) is 0 Å². The highest BCUT2D eigenvalue weighted by Gasteiger charge is 2.19. The summed E-state index contributed by atoms with van der Waals surface area (Å²) in [6.07, 6.45) is 0.359. The number of morpholine rings is 1. The average Bonchev–Trinajstić information content (AvgIpc) is 2.56. The lowest BCUT2D eigenvalue weighted by atomic mass is 10.2. The summed E-state index contributed by atoms with van der Waals surface area (Å²) in [6.45, 7) is 5.26. The summed E-state index contributed by atoms with van der Waals surface area (Å²) >= 11 is 2.18. The second kappa shape index (κ2) is 9.08. The van der Waals surface area contributed by atoms with Gasteiger partial charge in [0.25, 0.3) is 5.91 Å². The fraction of sp³-hybridized carbons (Fsp3) is 0.500. The lowest BCUT2D eigenvalue weighted by molar-refractivity contribution is 0.0326. The molecule has 0 atom stereocenters. The molecule has 0 aliphatic carbocycles. The number of benzene rings is 1. The third-order valence-electron chi connectivity index (χ3n) is 3.67. The summed E-state index contributed by atoms with van der Waals surface area (Å²) in [6, 6.07) is 9.70. The molecular formula is C16H20IN3O2. The van der Waals surface area contributed by atoms with E-state index in [1.54, 1.807) is 4.90 Å². The molecule has 0 radical (unpaired) electrons. The van der Waals surface area contributed by atoms with Gasteiger partial charge >= 0.3 is 0 Å². The third kappa shape index (κ3) is 4.93. The Kier molecular flexibility index (Phi) is 7.09. The van der Waals surface area contributed by atoms with Crippen molar-refractivity contribution in [3.05, 3.63) is 33.4 Å². The van der Waals surface area contributed by atoms with Gasteiger partial charge in [0.05, 0.1) is 31.3 Å². The van der Waals surface area contributed by atoms with E-state index >= 15 is 0 Å². The molecule has 5 nitrogen and oxygen atoms in total. The molecule has 1 aromatic rings. The minimum absolute atomic E-state index is 0.00788. The summed E-state index contributed by atoms with van der Waals surface area (Å²) in [7, 11) is 0. The highest BCUT2D eigenvalue weighted by Crippen LogP contribution is 2.14. The van der Waals surface area contributed by atoms with Gasteiger partial charge in [-0.1, -0.05) is 12.1 Å². The number of ether oxygens (including phenoxy) is 1. The number of carbonyl (C=O) groups is 1. The first kappa shape index (κ1) is 17.2. The summed E-state index contributed by atoms with van der Waals surface area (Å²) < 4.78 is 6.28. The SMILES string of the molecule is N#CCCN(CCN1CCOCC1)C(=O)c1ccccc1I. The Balaban J connectivity index is 2.00. The largest absolute Gasteiger partial charge is 0.379 e. The van der Waals surface area contributed by atoms with E-state index in [0.29, 0.717) is 25.1 Å². The lowest BCUT2D eigenvalue weighted by Crippen LogP contribution is -2.43. The van der Waals surface area contributed by atoms with Crippen LogP contribution in [-0.2, 0) is 4.74 Å². The standard InChI is InChI=1S/C16H20IN3O2/c17-15-5-2-1-4-14(15)16(21)20(7-3-6-18)9-8-19-10-12-22-13-11-19/h1-2,4-5H,3,7-13H2. The van der Waals surface area contributed by atoms with Gasteiger partial charge in [-0.2, -0.15) is 5.26 Å². The van der Waals surface area contributed by atoms with Gasteiger partial charge in [-0.25, -0.2) is 0 Å². The fourth-order valence-electron chi connectivity index (χ4n) is 2.39. The minimum atomic E-state index is 0.00788. The molecule has 2 rings (SSSR count). The molecule has 1 aliphatic heterocycles. The molecule has 0 N–H and O–H groups in total. The molecule has 1 amide bonds. The summed E-state index contributed by atoms with van der Waals surface area (Å²) in [5.41, 5.74) is 0.711. The molecule has 0 unspecified atom stereocenters. The molecule has 0 bridgehead atoms. The third-order valence-corrected chi connectivity index (χ3v) is 4.62. The number of carbonyl (C=O) groups excluding carboxylic acids is 1. The molecule has 0 saturated carbocycles. The topological polar surface area (TPSA) is 56.6 Å². The molecule has 22 heavy (non-hydrogen) atoms.